The Bertz CT molecular complexity index is 459. The number of nitro groups is 1. The van der Waals surface area contributed by atoms with Gasteiger partial charge in [0.25, 0.3) is 5.69 Å². The van der Waals surface area contributed by atoms with Crippen molar-refractivity contribution in [2.24, 2.45) is 5.11 Å². The van der Waals surface area contributed by atoms with E-state index >= 15 is 0 Å². The highest BCUT2D eigenvalue weighted by atomic mass is 35.5. The third kappa shape index (κ3) is 2.60. The molecule has 84 valence electrons. The molecule has 7 nitrogen and oxygen atoms in total. The first-order valence-corrected chi connectivity index (χ1v) is 4.57. The molecule has 0 amide bonds. The van der Waals surface area contributed by atoms with Crippen molar-refractivity contribution >= 4 is 17.3 Å². The van der Waals surface area contributed by atoms with Gasteiger partial charge in [-0.3, -0.25) is 10.1 Å². The van der Waals surface area contributed by atoms with Crippen LogP contribution in [0.4, 0.5) is 5.69 Å². The average molecular weight is 243 g/mol. The summed E-state index contributed by atoms with van der Waals surface area (Å²) < 4.78 is 0. The van der Waals surface area contributed by atoms with Crippen molar-refractivity contribution in [3.63, 3.8) is 0 Å². The second-order valence-corrected chi connectivity index (χ2v) is 3.28. The minimum atomic E-state index is -0.789. The van der Waals surface area contributed by atoms with Gasteiger partial charge in [-0.25, -0.2) is 0 Å². The second-order valence-electron chi connectivity index (χ2n) is 2.87. The molecule has 1 aromatic carbocycles. The van der Waals surface area contributed by atoms with E-state index in [0.717, 1.165) is 0 Å². The van der Waals surface area contributed by atoms with E-state index in [9.17, 15) is 10.1 Å². The van der Waals surface area contributed by atoms with Gasteiger partial charge in [0, 0.05) is 11.0 Å². The Hall–Kier alpha value is -1.82. The molecule has 1 rings (SSSR count). The van der Waals surface area contributed by atoms with Crippen molar-refractivity contribution in [3.8, 4) is 0 Å². The number of azide groups is 1. The molecule has 0 aromatic heterocycles. The van der Waals surface area contributed by atoms with Crippen LogP contribution in [0.1, 0.15) is 11.6 Å². The molecule has 0 aliphatic heterocycles. The Balaban J connectivity index is 3.13. The lowest BCUT2D eigenvalue weighted by atomic mass is 10.1. The predicted molar refractivity (Wildman–Crippen MR) is 57.1 cm³/mol. The van der Waals surface area contributed by atoms with Crippen molar-refractivity contribution in [3.05, 3.63) is 49.3 Å². The molecule has 16 heavy (non-hydrogen) atoms. The van der Waals surface area contributed by atoms with Crippen LogP contribution in [0.2, 0.25) is 5.02 Å². The van der Waals surface area contributed by atoms with E-state index in [0.29, 0.717) is 5.56 Å². The fourth-order valence-corrected chi connectivity index (χ4v) is 1.41. The van der Waals surface area contributed by atoms with Crippen LogP contribution in [-0.2, 0) is 0 Å². The molecule has 0 saturated heterocycles. The van der Waals surface area contributed by atoms with Crippen LogP contribution in [0.3, 0.4) is 0 Å². The number of rotatable bonds is 4. The highest BCUT2D eigenvalue weighted by Gasteiger charge is 2.15. The van der Waals surface area contributed by atoms with Crippen LogP contribution in [0.15, 0.2) is 23.3 Å². The van der Waals surface area contributed by atoms with Crippen LogP contribution in [-0.4, -0.2) is 16.6 Å². The standard InChI is InChI=1S/C8H7ClN4O3/c9-6-3-5(7(4-14)11-12-10)1-2-8(6)13(15)16/h1-3,7,14H,4H2. The van der Waals surface area contributed by atoms with Crippen LogP contribution < -0.4 is 0 Å². The van der Waals surface area contributed by atoms with Gasteiger partial charge < -0.3 is 5.11 Å². The van der Waals surface area contributed by atoms with E-state index in [1.54, 1.807) is 0 Å². The summed E-state index contributed by atoms with van der Waals surface area (Å²) >= 11 is 5.67. The molecule has 0 radical (unpaired) electrons. The molecule has 0 saturated carbocycles. The summed E-state index contributed by atoms with van der Waals surface area (Å²) in [5, 5.41) is 22.7. The first-order chi connectivity index (χ1) is 7.60. The third-order valence-corrected chi connectivity index (χ3v) is 2.22. The van der Waals surface area contributed by atoms with E-state index in [1.807, 2.05) is 0 Å². The molecular formula is C8H7ClN4O3. The summed E-state index contributed by atoms with van der Waals surface area (Å²) in [6, 6.07) is 3.10. The summed E-state index contributed by atoms with van der Waals surface area (Å²) in [5.41, 5.74) is 8.44. The molecule has 0 spiro atoms. The highest BCUT2D eigenvalue weighted by molar-refractivity contribution is 6.32. The first kappa shape index (κ1) is 12.3. The van der Waals surface area contributed by atoms with Crippen molar-refractivity contribution < 1.29 is 10.0 Å². The number of aliphatic hydroxyl groups excluding tert-OH is 1. The quantitative estimate of drug-likeness (QED) is 0.288. The van der Waals surface area contributed by atoms with Crippen LogP contribution in [0.5, 0.6) is 0 Å². The fraction of sp³-hybridized carbons (Fsp3) is 0.250. The number of hydrogen-bond acceptors (Lipinski definition) is 4. The molecule has 0 bridgehead atoms. The summed E-state index contributed by atoms with van der Waals surface area (Å²) in [7, 11) is 0. The molecule has 1 aromatic rings. The lowest BCUT2D eigenvalue weighted by molar-refractivity contribution is -0.384. The predicted octanol–water partition coefficient (Wildman–Crippen LogP) is 2.59. The van der Waals surface area contributed by atoms with Crippen molar-refractivity contribution in [2.75, 3.05) is 6.61 Å². The monoisotopic (exact) mass is 242 g/mol. The molecule has 0 aliphatic rings. The Labute approximate surface area is 95.0 Å². The Morgan fingerprint density at radius 3 is 2.81 bits per heavy atom. The van der Waals surface area contributed by atoms with Crippen LogP contribution >= 0.6 is 11.6 Å². The second kappa shape index (κ2) is 5.32. The van der Waals surface area contributed by atoms with Gasteiger partial charge in [0.2, 0.25) is 0 Å². The van der Waals surface area contributed by atoms with Gasteiger partial charge in [-0.15, -0.1) is 0 Å². The van der Waals surface area contributed by atoms with E-state index in [2.05, 4.69) is 10.0 Å². The minimum absolute atomic E-state index is 0.0610. The minimum Gasteiger partial charge on any atom is -0.396 e. The average Bonchev–Trinajstić information content (AvgIpc) is 2.25. The van der Waals surface area contributed by atoms with Crippen molar-refractivity contribution in [1.82, 2.24) is 0 Å². The topological polar surface area (TPSA) is 112 Å². The first-order valence-electron chi connectivity index (χ1n) is 4.19. The normalized spacial score (nSPS) is 11.6. The van der Waals surface area contributed by atoms with Gasteiger partial charge in [0.1, 0.15) is 5.02 Å². The maximum absolute atomic E-state index is 10.5. The molecular weight excluding hydrogens is 236 g/mol. The van der Waals surface area contributed by atoms with Crippen molar-refractivity contribution in [2.45, 2.75) is 6.04 Å². The number of benzene rings is 1. The van der Waals surface area contributed by atoms with E-state index in [-0.39, 0.29) is 10.7 Å². The Morgan fingerprint density at radius 1 is 1.69 bits per heavy atom. The smallest absolute Gasteiger partial charge is 0.287 e. The maximum Gasteiger partial charge on any atom is 0.287 e. The zero-order chi connectivity index (χ0) is 12.1. The summed E-state index contributed by atoms with van der Waals surface area (Å²) in [5.74, 6) is 0. The summed E-state index contributed by atoms with van der Waals surface area (Å²) in [4.78, 5) is 12.4. The molecule has 8 heteroatoms. The molecule has 1 unspecified atom stereocenters. The summed E-state index contributed by atoms with van der Waals surface area (Å²) in [6.07, 6.45) is 0. The number of aliphatic hydroxyl groups is 1. The van der Waals surface area contributed by atoms with Crippen LogP contribution in [0, 0.1) is 10.1 Å². The third-order valence-electron chi connectivity index (χ3n) is 1.92. The lowest BCUT2D eigenvalue weighted by Crippen LogP contribution is -2.00. The highest BCUT2D eigenvalue weighted by Crippen LogP contribution is 2.28. The van der Waals surface area contributed by atoms with Gasteiger partial charge in [0.15, 0.2) is 0 Å². The molecule has 0 aliphatic carbocycles. The molecule has 0 heterocycles. The Kier molecular flexibility index (Phi) is 4.07. The van der Waals surface area contributed by atoms with Crippen LogP contribution in [0.25, 0.3) is 10.4 Å². The molecule has 0 fully saturated rings. The van der Waals surface area contributed by atoms with Gasteiger partial charge in [-0.05, 0) is 17.2 Å². The van der Waals surface area contributed by atoms with Gasteiger partial charge in [-0.2, -0.15) is 0 Å². The fourth-order valence-electron chi connectivity index (χ4n) is 1.15. The number of nitro benzene ring substituents is 1. The van der Waals surface area contributed by atoms with E-state index < -0.39 is 17.6 Å². The maximum atomic E-state index is 10.5. The van der Waals surface area contributed by atoms with E-state index in [1.165, 1.54) is 18.2 Å². The summed E-state index contributed by atoms with van der Waals surface area (Å²) in [6.45, 7) is -0.391. The lowest BCUT2D eigenvalue weighted by Gasteiger charge is -2.07. The number of nitrogens with zero attached hydrogens (tertiary/aromatic N) is 4. The SMILES string of the molecule is [N-]=[N+]=NC(CO)c1ccc([N+](=O)[O-])c(Cl)c1. The Morgan fingerprint density at radius 2 is 2.38 bits per heavy atom. The largest absolute Gasteiger partial charge is 0.396 e. The van der Waals surface area contributed by atoms with Crippen molar-refractivity contribution in [1.29, 1.82) is 0 Å². The zero-order valence-electron chi connectivity index (χ0n) is 7.95. The van der Waals surface area contributed by atoms with Gasteiger partial charge in [0.05, 0.1) is 17.6 Å². The molecule has 1 atom stereocenters. The molecule has 1 N–H and O–H groups in total. The van der Waals surface area contributed by atoms with Gasteiger partial charge in [-0.1, -0.05) is 22.8 Å². The number of hydrogen-bond donors (Lipinski definition) is 1. The zero-order valence-corrected chi connectivity index (χ0v) is 8.70. The van der Waals surface area contributed by atoms with Gasteiger partial charge >= 0.3 is 0 Å². The van der Waals surface area contributed by atoms with E-state index in [4.69, 9.17) is 22.2 Å². The number of halogens is 1.